The van der Waals surface area contributed by atoms with Crippen molar-refractivity contribution < 1.29 is 29.0 Å². The van der Waals surface area contributed by atoms with Gasteiger partial charge in [0.25, 0.3) is 0 Å². The van der Waals surface area contributed by atoms with E-state index in [-0.39, 0.29) is 37.2 Å². The molecule has 0 radical (unpaired) electrons. The summed E-state index contributed by atoms with van der Waals surface area (Å²) in [6.45, 7) is 15.2. The van der Waals surface area contributed by atoms with Crippen LogP contribution in [0, 0.1) is 22.7 Å². The maximum absolute atomic E-state index is 12.8. The fraction of sp³-hybridized carbons (Fsp3) is 0.857. The predicted octanol–water partition coefficient (Wildman–Crippen LogP) is 7.17. The van der Waals surface area contributed by atoms with E-state index in [4.69, 9.17) is 9.78 Å². The summed E-state index contributed by atoms with van der Waals surface area (Å²) >= 11 is 0. The van der Waals surface area contributed by atoms with Gasteiger partial charge in [-0.2, -0.15) is 0 Å². The molecule has 0 aliphatic carbocycles. The maximum atomic E-state index is 12.8. The van der Waals surface area contributed by atoms with Gasteiger partial charge in [-0.1, -0.05) is 80.1 Å². The minimum absolute atomic E-state index is 0.212. The Labute approximate surface area is 207 Å². The molecule has 0 aromatic heterocycles. The largest absolute Gasteiger partial charge is 0.368 e. The van der Waals surface area contributed by atoms with Crippen molar-refractivity contribution in [1.82, 2.24) is 0 Å². The average Bonchev–Trinajstić information content (AvgIpc) is 2.79. The second-order valence-corrected chi connectivity index (χ2v) is 10.9. The van der Waals surface area contributed by atoms with Crippen LogP contribution in [0.4, 0.5) is 0 Å². The fourth-order valence-electron chi connectivity index (χ4n) is 3.75. The van der Waals surface area contributed by atoms with Crippen LogP contribution >= 0.6 is 0 Å². The number of carbonyl (C=O) groups is 4. The Morgan fingerprint density at radius 3 is 1.18 bits per heavy atom. The highest BCUT2D eigenvalue weighted by atomic mass is 17.2. The molecule has 0 N–H and O–H groups in total. The molecule has 6 nitrogen and oxygen atoms in total. The van der Waals surface area contributed by atoms with Crippen LogP contribution in [0.25, 0.3) is 0 Å². The fourth-order valence-corrected chi connectivity index (χ4v) is 3.75. The molecule has 0 rings (SSSR count). The van der Waals surface area contributed by atoms with Crippen molar-refractivity contribution in [3.8, 4) is 0 Å². The highest BCUT2D eigenvalue weighted by Crippen LogP contribution is 2.30. The summed E-state index contributed by atoms with van der Waals surface area (Å²) in [6.07, 6.45) is 8.69. The van der Waals surface area contributed by atoms with Crippen LogP contribution in [-0.4, -0.2) is 23.5 Å². The van der Waals surface area contributed by atoms with E-state index in [9.17, 15) is 19.2 Å². The zero-order valence-corrected chi connectivity index (χ0v) is 23.1. The van der Waals surface area contributed by atoms with Crippen molar-refractivity contribution in [3.05, 3.63) is 0 Å². The monoisotopic (exact) mass is 482 g/mol. The number of rotatable bonds is 18. The molecule has 0 aromatic rings. The number of unbranched alkanes of at least 4 members (excludes halogenated alkanes) is 4. The molecule has 2 unspecified atom stereocenters. The third-order valence-electron chi connectivity index (χ3n) is 7.11. The van der Waals surface area contributed by atoms with Crippen molar-refractivity contribution >= 4 is 23.5 Å². The van der Waals surface area contributed by atoms with E-state index in [1.165, 1.54) is 13.8 Å². The highest BCUT2D eigenvalue weighted by molar-refractivity contribution is 6.05. The van der Waals surface area contributed by atoms with Gasteiger partial charge in [0.15, 0.2) is 0 Å². The van der Waals surface area contributed by atoms with Gasteiger partial charge in [0.2, 0.25) is 0 Å². The Kier molecular flexibility index (Phi) is 15.2. The molecule has 198 valence electrons. The number of hydrogen-bond donors (Lipinski definition) is 0. The zero-order valence-electron chi connectivity index (χ0n) is 23.1. The Bertz CT molecular complexity index is 597. The van der Waals surface area contributed by atoms with E-state index in [0.717, 1.165) is 38.5 Å². The van der Waals surface area contributed by atoms with Gasteiger partial charge in [-0.3, -0.25) is 9.59 Å². The lowest BCUT2D eigenvalue weighted by molar-refractivity contribution is -0.271. The lowest BCUT2D eigenvalue weighted by Gasteiger charge is -2.26. The average molecular weight is 483 g/mol. The van der Waals surface area contributed by atoms with Gasteiger partial charge in [0.1, 0.15) is 22.4 Å². The molecule has 0 saturated heterocycles. The maximum Gasteiger partial charge on any atom is 0.368 e. The molecule has 0 bridgehead atoms. The smallest absolute Gasteiger partial charge is 0.298 e. The van der Waals surface area contributed by atoms with Crippen LogP contribution in [0.5, 0.6) is 0 Å². The van der Waals surface area contributed by atoms with Crippen LogP contribution < -0.4 is 0 Å². The topological polar surface area (TPSA) is 86.7 Å². The van der Waals surface area contributed by atoms with Gasteiger partial charge >= 0.3 is 11.9 Å². The second kappa shape index (κ2) is 16.0. The number of ketones is 2. The van der Waals surface area contributed by atoms with Crippen molar-refractivity contribution in [2.75, 3.05) is 0 Å². The van der Waals surface area contributed by atoms with Gasteiger partial charge < -0.3 is 0 Å². The summed E-state index contributed by atoms with van der Waals surface area (Å²) in [4.78, 5) is 60.6. The summed E-state index contributed by atoms with van der Waals surface area (Å²) in [5.41, 5.74) is -2.75. The molecule has 0 heterocycles. The first-order valence-corrected chi connectivity index (χ1v) is 13.3. The van der Waals surface area contributed by atoms with Gasteiger partial charge in [-0.25, -0.2) is 19.4 Å². The molecule has 0 aliphatic heterocycles. The first kappa shape index (κ1) is 32.3. The van der Waals surface area contributed by atoms with Crippen molar-refractivity contribution in [3.63, 3.8) is 0 Å². The summed E-state index contributed by atoms with van der Waals surface area (Å²) in [5, 5.41) is 0. The van der Waals surface area contributed by atoms with Crippen LogP contribution in [0.15, 0.2) is 0 Å². The number of Topliss-reactive ketones (excluding diaryl/α,β-unsaturated/α-hetero) is 2. The lowest BCUT2D eigenvalue weighted by Crippen LogP contribution is -2.41. The van der Waals surface area contributed by atoms with Crippen molar-refractivity contribution in [2.45, 2.75) is 132 Å². The molecule has 2 atom stereocenters. The van der Waals surface area contributed by atoms with E-state index >= 15 is 0 Å². The molecule has 0 aliphatic rings. The first-order valence-electron chi connectivity index (χ1n) is 13.3. The number of hydrogen-bond acceptors (Lipinski definition) is 6. The molecule has 0 saturated carbocycles. The molecule has 0 aromatic carbocycles. The van der Waals surface area contributed by atoms with Crippen LogP contribution in [0.3, 0.4) is 0 Å². The van der Waals surface area contributed by atoms with Crippen molar-refractivity contribution in [2.24, 2.45) is 22.7 Å². The van der Waals surface area contributed by atoms with E-state index in [2.05, 4.69) is 27.7 Å². The Morgan fingerprint density at radius 2 is 0.912 bits per heavy atom. The lowest BCUT2D eigenvalue weighted by atomic mass is 9.80. The SMILES string of the molecule is CCC(C)(C(=O)CCCCCC(C)C)C(=O)OOC(=O)C(C)(CC)C(=O)CCCCCC(C)C. The van der Waals surface area contributed by atoms with Gasteiger partial charge in [0, 0.05) is 12.8 Å². The van der Waals surface area contributed by atoms with Gasteiger partial charge in [0.05, 0.1) is 0 Å². The number of carbonyl (C=O) groups excluding carboxylic acids is 4. The third-order valence-corrected chi connectivity index (χ3v) is 7.11. The zero-order chi connectivity index (χ0) is 26.4. The Balaban J connectivity index is 4.80. The molecular formula is C28H50O6. The van der Waals surface area contributed by atoms with E-state index in [0.29, 0.717) is 24.7 Å². The molecule has 34 heavy (non-hydrogen) atoms. The second-order valence-electron chi connectivity index (χ2n) is 10.9. The molecular weight excluding hydrogens is 432 g/mol. The highest BCUT2D eigenvalue weighted by Gasteiger charge is 2.45. The molecule has 0 amide bonds. The summed E-state index contributed by atoms with van der Waals surface area (Å²) in [6, 6.07) is 0. The third kappa shape index (κ3) is 10.7. The summed E-state index contributed by atoms with van der Waals surface area (Å²) in [7, 11) is 0. The minimum atomic E-state index is -1.37. The van der Waals surface area contributed by atoms with E-state index < -0.39 is 22.8 Å². The summed E-state index contributed by atoms with van der Waals surface area (Å²) < 4.78 is 0. The minimum Gasteiger partial charge on any atom is -0.298 e. The molecule has 0 fully saturated rings. The van der Waals surface area contributed by atoms with Crippen molar-refractivity contribution in [1.29, 1.82) is 0 Å². The molecule has 6 heteroatoms. The van der Waals surface area contributed by atoms with E-state index in [1.807, 2.05) is 0 Å². The van der Waals surface area contributed by atoms with E-state index in [1.54, 1.807) is 13.8 Å². The van der Waals surface area contributed by atoms with Crippen LogP contribution in [0.1, 0.15) is 132 Å². The van der Waals surface area contributed by atoms with Crippen LogP contribution in [-0.2, 0) is 29.0 Å². The van der Waals surface area contributed by atoms with Crippen LogP contribution in [0.2, 0.25) is 0 Å². The predicted molar refractivity (Wildman–Crippen MR) is 135 cm³/mol. The summed E-state index contributed by atoms with van der Waals surface area (Å²) in [5.74, 6) is -0.920. The normalized spacial score (nSPS) is 15.0. The Morgan fingerprint density at radius 1 is 0.588 bits per heavy atom. The Hall–Kier alpha value is -1.72. The van der Waals surface area contributed by atoms with Gasteiger partial charge in [-0.05, 0) is 51.4 Å². The van der Waals surface area contributed by atoms with Gasteiger partial charge in [-0.15, -0.1) is 0 Å². The quantitative estimate of drug-likeness (QED) is 0.0890. The standard InChI is InChI=1S/C28H50O6/c1-9-27(7,23(29)19-15-11-13-17-21(3)4)25(31)33-34-26(32)28(8,10-2)24(30)20-16-12-14-18-22(5)6/h21-22H,9-20H2,1-8H3. The molecule has 0 spiro atoms. The first-order chi connectivity index (χ1) is 15.8.